The summed E-state index contributed by atoms with van der Waals surface area (Å²) in [6, 6.07) is 2.14. The number of rotatable bonds is 1. The molecule has 2 N–H and O–H groups in total. The molecular weight excluding hydrogens is 272 g/mol. The molecule has 0 unspecified atom stereocenters. The standard InChI is InChI=1S/C9H6ClF6N/c10-5-3-4(1-2-6(5)17)7(8(11,12)13)9(14,15)16/h1-3,7H,17H2. The van der Waals surface area contributed by atoms with E-state index in [1.807, 2.05) is 0 Å². The first-order valence-corrected chi connectivity index (χ1v) is 4.59. The van der Waals surface area contributed by atoms with E-state index in [2.05, 4.69) is 0 Å². The van der Waals surface area contributed by atoms with Crippen LogP contribution in [0.4, 0.5) is 32.0 Å². The van der Waals surface area contributed by atoms with Crippen molar-refractivity contribution in [3.8, 4) is 0 Å². The van der Waals surface area contributed by atoms with Crippen LogP contribution < -0.4 is 5.73 Å². The highest BCUT2D eigenvalue weighted by atomic mass is 35.5. The van der Waals surface area contributed by atoms with Gasteiger partial charge in [0.25, 0.3) is 0 Å². The van der Waals surface area contributed by atoms with Crippen LogP contribution in [0.2, 0.25) is 5.02 Å². The zero-order valence-corrected chi connectivity index (χ0v) is 8.79. The maximum absolute atomic E-state index is 12.3. The molecule has 0 bridgehead atoms. The summed E-state index contributed by atoms with van der Waals surface area (Å²) >= 11 is 5.40. The largest absolute Gasteiger partial charge is 0.404 e. The average molecular weight is 278 g/mol. The van der Waals surface area contributed by atoms with E-state index in [1.165, 1.54) is 0 Å². The summed E-state index contributed by atoms with van der Waals surface area (Å²) in [7, 11) is 0. The van der Waals surface area contributed by atoms with Crippen LogP contribution in [0.1, 0.15) is 11.5 Å². The molecule has 0 aliphatic heterocycles. The van der Waals surface area contributed by atoms with Gasteiger partial charge in [-0.1, -0.05) is 17.7 Å². The Morgan fingerprint density at radius 2 is 1.47 bits per heavy atom. The molecule has 1 nitrogen and oxygen atoms in total. The van der Waals surface area contributed by atoms with Gasteiger partial charge in [0.05, 0.1) is 10.7 Å². The molecule has 96 valence electrons. The van der Waals surface area contributed by atoms with Crippen molar-refractivity contribution in [3.05, 3.63) is 28.8 Å². The van der Waals surface area contributed by atoms with Gasteiger partial charge < -0.3 is 5.73 Å². The lowest BCUT2D eigenvalue weighted by Gasteiger charge is -2.23. The number of nitrogens with two attached hydrogens (primary N) is 1. The van der Waals surface area contributed by atoms with E-state index in [-0.39, 0.29) is 10.7 Å². The Hall–Kier alpha value is -1.11. The molecule has 1 rings (SSSR count). The molecule has 8 heteroatoms. The molecule has 0 saturated carbocycles. The van der Waals surface area contributed by atoms with Crippen molar-refractivity contribution in [2.24, 2.45) is 0 Å². The Kier molecular flexibility index (Phi) is 3.52. The number of anilines is 1. The van der Waals surface area contributed by atoms with Crippen molar-refractivity contribution in [2.75, 3.05) is 5.73 Å². The van der Waals surface area contributed by atoms with Crippen LogP contribution in [0, 0.1) is 0 Å². The smallest absolute Gasteiger partial charge is 0.398 e. The Morgan fingerprint density at radius 3 is 1.82 bits per heavy atom. The minimum Gasteiger partial charge on any atom is -0.398 e. The minimum atomic E-state index is -5.43. The molecule has 0 aliphatic rings. The fraction of sp³-hybridized carbons (Fsp3) is 0.333. The molecule has 17 heavy (non-hydrogen) atoms. The fourth-order valence-electron chi connectivity index (χ4n) is 1.29. The van der Waals surface area contributed by atoms with Gasteiger partial charge in [-0.25, -0.2) is 0 Å². The Morgan fingerprint density at radius 1 is 1.00 bits per heavy atom. The highest BCUT2D eigenvalue weighted by Crippen LogP contribution is 2.46. The van der Waals surface area contributed by atoms with E-state index in [4.69, 9.17) is 17.3 Å². The van der Waals surface area contributed by atoms with Crippen molar-refractivity contribution in [3.63, 3.8) is 0 Å². The van der Waals surface area contributed by atoms with Gasteiger partial charge in [-0.15, -0.1) is 0 Å². The van der Waals surface area contributed by atoms with Crippen LogP contribution in [0.5, 0.6) is 0 Å². The van der Waals surface area contributed by atoms with E-state index < -0.39 is 23.8 Å². The van der Waals surface area contributed by atoms with Crippen molar-refractivity contribution < 1.29 is 26.3 Å². The van der Waals surface area contributed by atoms with Crippen molar-refractivity contribution in [2.45, 2.75) is 18.3 Å². The molecule has 0 atom stereocenters. The van der Waals surface area contributed by atoms with Gasteiger partial charge >= 0.3 is 12.4 Å². The lowest BCUT2D eigenvalue weighted by atomic mass is 9.97. The van der Waals surface area contributed by atoms with Gasteiger partial charge in [0, 0.05) is 0 Å². The number of hydrogen-bond acceptors (Lipinski definition) is 1. The van der Waals surface area contributed by atoms with E-state index in [0.29, 0.717) is 12.1 Å². The maximum atomic E-state index is 12.3. The Labute approximate surface area is 97.2 Å². The SMILES string of the molecule is Nc1ccc(C(C(F)(F)F)C(F)(F)F)cc1Cl. The lowest BCUT2D eigenvalue weighted by Crippen LogP contribution is -2.34. The molecular formula is C9H6ClF6N. The summed E-state index contributed by atoms with van der Waals surface area (Å²) in [6.45, 7) is 0. The Bertz CT molecular complexity index is 397. The van der Waals surface area contributed by atoms with Gasteiger partial charge in [-0.05, 0) is 17.7 Å². The van der Waals surface area contributed by atoms with E-state index in [9.17, 15) is 26.3 Å². The predicted octanol–water partition coefficient (Wildman–Crippen LogP) is 4.13. The van der Waals surface area contributed by atoms with Crippen molar-refractivity contribution >= 4 is 17.3 Å². The normalized spacial score (nSPS) is 13.2. The fourth-order valence-corrected chi connectivity index (χ4v) is 1.48. The topological polar surface area (TPSA) is 26.0 Å². The third-order valence-corrected chi connectivity index (χ3v) is 2.34. The molecule has 1 aromatic rings. The van der Waals surface area contributed by atoms with Gasteiger partial charge in [-0.3, -0.25) is 0 Å². The van der Waals surface area contributed by atoms with E-state index in [0.717, 1.165) is 6.07 Å². The van der Waals surface area contributed by atoms with E-state index in [1.54, 1.807) is 0 Å². The lowest BCUT2D eigenvalue weighted by molar-refractivity contribution is -0.253. The Balaban J connectivity index is 3.29. The third kappa shape index (κ3) is 3.18. The van der Waals surface area contributed by atoms with Crippen molar-refractivity contribution in [1.29, 1.82) is 0 Å². The zero-order chi connectivity index (χ0) is 13.4. The second-order valence-electron chi connectivity index (χ2n) is 3.30. The van der Waals surface area contributed by atoms with Gasteiger partial charge in [0.1, 0.15) is 0 Å². The second-order valence-corrected chi connectivity index (χ2v) is 3.70. The molecule has 0 radical (unpaired) electrons. The van der Waals surface area contributed by atoms with Crippen LogP contribution in [0.3, 0.4) is 0 Å². The number of alkyl halides is 6. The van der Waals surface area contributed by atoms with Crippen LogP contribution in [-0.4, -0.2) is 12.4 Å². The van der Waals surface area contributed by atoms with Crippen LogP contribution in [0.15, 0.2) is 18.2 Å². The highest BCUT2D eigenvalue weighted by molar-refractivity contribution is 6.33. The van der Waals surface area contributed by atoms with Crippen molar-refractivity contribution in [1.82, 2.24) is 0 Å². The maximum Gasteiger partial charge on any atom is 0.404 e. The van der Waals surface area contributed by atoms with Crippen LogP contribution >= 0.6 is 11.6 Å². The quantitative estimate of drug-likeness (QED) is 0.606. The molecule has 0 heterocycles. The number of nitrogen functional groups attached to an aromatic ring is 1. The average Bonchev–Trinajstić information content (AvgIpc) is 2.06. The summed E-state index contributed by atoms with van der Waals surface area (Å²) in [6.07, 6.45) is -10.9. The summed E-state index contributed by atoms with van der Waals surface area (Å²) in [5, 5.41) is -0.346. The van der Waals surface area contributed by atoms with Gasteiger partial charge in [0.2, 0.25) is 0 Å². The molecule has 0 spiro atoms. The molecule has 0 aliphatic carbocycles. The second kappa shape index (κ2) is 4.29. The van der Waals surface area contributed by atoms with Gasteiger partial charge in [0.15, 0.2) is 5.92 Å². The predicted molar refractivity (Wildman–Crippen MR) is 50.7 cm³/mol. The molecule has 1 aromatic carbocycles. The first-order chi connectivity index (χ1) is 7.53. The van der Waals surface area contributed by atoms with Crippen LogP contribution in [0.25, 0.3) is 0 Å². The molecule has 0 fully saturated rings. The number of hydrogen-bond donors (Lipinski definition) is 1. The first kappa shape index (κ1) is 14.0. The number of benzene rings is 1. The summed E-state index contributed by atoms with van der Waals surface area (Å²) in [5.41, 5.74) is 4.15. The molecule has 0 amide bonds. The number of halogens is 7. The molecule has 0 aromatic heterocycles. The highest BCUT2D eigenvalue weighted by Gasteiger charge is 2.57. The molecule has 0 saturated heterocycles. The monoisotopic (exact) mass is 277 g/mol. The summed E-state index contributed by atoms with van der Waals surface area (Å²) in [4.78, 5) is 0. The minimum absolute atomic E-state index is 0.0847. The zero-order valence-electron chi connectivity index (χ0n) is 8.03. The first-order valence-electron chi connectivity index (χ1n) is 4.22. The summed E-state index contributed by atoms with van der Waals surface area (Å²) in [5.74, 6) is -3.56. The van der Waals surface area contributed by atoms with Gasteiger partial charge in [-0.2, -0.15) is 26.3 Å². The summed E-state index contributed by atoms with van der Waals surface area (Å²) < 4.78 is 74.0. The third-order valence-electron chi connectivity index (χ3n) is 2.01. The van der Waals surface area contributed by atoms with Crippen LogP contribution in [-0.2, 0) is 0 Å². The van der Waals surface area contributed by atoms with E-state index >= 15 is 0 Å².